The lowest BCUT2D eigenvalue weighted by molar-refractivity contribution is -0.145. The first-order valence-electron chi connectivity index (χ1n) is 9.67. The van der Waals surface area contributed by atoms with Gasteiger partial charge in [0.05, 0.1) is 12.3 Å². The van der Waals surface area contributed by atoms with Crippen LogP contribution in [0, 0.1) is 13.8 Å². The number of carbonyl (C=O) groups is 4. The minimum absolute atomic E-state index is 0.168. The fraction of sp³-hybridized carbons (Fsp3) is 0.217. The number of ether oxygens (including phenoxy) is 2. The second kappa shape index (κ2) is 9.25. The third-order valence-electron chi connectivity index (χ3n) is 4.70. The van der Waals surface area contributed by atoms with Gasteiger partial charge in [-0.2, -0.15) is 0 Å². The van der Waals surface area contributed by atoms with Crippen LogP contribution in [-0.4, -0.2) is 37.0 Å². The van der Waals surface area contributed by atoms with Crippen LogP contribution in [0.5, 0.6) is 5.75 Å². The molecule has 2 aromatic carbocycles. The van der Waals surface area contributed by atoms with Gasteiger partial charge in [-0.05, 0) is 67.8 Å². The Morgan fingerprint density at radius 3 is 2.39 bits per heavy atom. The Balaban J connectivity index is 1.81. The second-order valence-corrected chi connectivity index (χ2v) is 6.89. The number of nitrogens with zero attached hydrogens (tertiary/aromatic N) is 1. The summed E-state index contributed by atoms with van der Waals surface area (Å²) in [6.07, 6.45) is 1.40. The largest absolute Gasteiger partial charge is 0.482 e. The average molecular weight is 422 g/mol. The quantitative estimate of drug-likeness (QED) is 0.436. The lowest BCUT2D eigenvalue weighted by Gasteiger charge is -2.26. The summed E-state index contributed by atoms with van der Waals surface area (Å²) >= 11 is 0. The average Bonchev–Trinajstić information content (AvgIpc) is 2.73. The Labute approximate surface area is 179 Å². The summed E-state index contributed by atoms with van der Waals surface area (Å²) in [5.74, 6) is -1.52. The molecular weight excluding hydrogens is 400 g/mol. The molecule has 160 valence electrons. The molecule has 1 aliphatic heterocycles. The molecule has 31 heavy (non-hydrogen) atoms. The number of urea groups is 1. The smallest absolute Gasteiger partial charge is 0.344 e. The van der Waals surface area contributed by atoms with Crippen LogP contribution < -0.4 is 15.0 Å². The maximum absolute atomic E-state index is 13.0. The van der Waals surface area contributed by atoms with Crippen molar-refractivity contribution in [3.8, 4) is 5.75 Å². The van der Waals surface area contributed by atoms with Gasteiger partial charge >= 0.3 is 12.0 Å². The molecule has 0 saturated carbocycles. The van der Waals surface area contributed by atoms with Crippen molar-refractivity contribution in [2.24, 2.45) is 0 Å². The Bertz CT molecular complexity index is 1070. The van der Waals surface area contributed by atoms with Gasteiger partial charge in [-0.3, -0.25) is 14.9 Å². The topological polar surface area (TPSA) is 102 Å². The number of aryl methyl sites for hydroxylation is 2. The first kappa shape index (κ1) is 21.8. The molecule has 0 spiro atoms. The van der Waals surface area contributed by atoms with Crippen molar-refractivity contribution in [1.82, 2.24) is 5.32 Å². The van der Waals surface area contributed by atoms with Crippen LogP contribution in [-0.2, 0) is 19.1 Å². The van der Waals surface area contributed by atoms with Crippen molar-refractivity contribution < 1.29 is 28.7 Å². The first-order valence-corrected chi connectivity index (χ1v) is 9.67. The van der Waals surface area contributed by atoms with E-state index in [1.54, 1.807) is 49.4 Å². The molecular formula is C23H22N2O6. The maximum Gasteiger partial charge on any atom is 0.344 e. The van der Waals surface area contributed by atoms with E-state index in [0.717, 1.165) is 16.0 Å². The summed E-state index contributed by atoms with van der Waals surface area (Å²) in [6, 6.07) is 10.8. The Hall–Kier alpha value is -3.94. The van der Waals surface area contributed by atoms with E-state index in [4.69, 9.17) is 9.47 Å². The highest BCUT2D eigenvalue weighted by molar-refractivity contribution is 6.39. The Morgan fingerprint density at radius 1 is 1.03 bits per heavy atom. The van der Waals surface area contributed by atoms with Crippen molar-refractivity contribution in [3.63, 3.8) is 0 Å². The number of barbiturate groups is 1. The summed E-state index contributed by atoms with van der Waals surface area (Å²) < 4.78 is 10.1. The lowest BCUT2D eigenvalue weighted by atomic mass is 10.1. The van der Waals surface area contributed by atoms with Crippen LogP contribution in [0.4, 0.5) is 10.5 Å². The van der Waals surface area contributed by atoms with E-state index in [9.17, 15) is 19.2 Å². The van der Waals surface area contributed by atoms with Gasteiger partial charge in [-0.1, -0.05) is 18.2 Å². The number of nitrogens with one attached hydrogen (secondary N) is 1. The van der Waals surface area contributed by atoms with Gasteiger partial charge in [0.2, 0.25) is 0 Å². The number of esters is 1. The van der Waals surface area contributed by atoms with Gasteiger partial charge < -0.3 is 9.47 Å². The van der Waals surface area contributed by atoms with Crippen LogP contribution in [0.2, 0.25) is 0 Å². The summed E-state index contributed by atoms with van der Waals surface area (Å²) in [4.78, 5) is 49.9. The number of hydrogen-bond acceptors (Lipinski definition) is 6. The summed E-state index contributed by atoms with van der Waals surface area (Å²) in [7, 11) is 0. The van der Waals surface area contributed by atoms with Crippen molar-refractivity contribution in [1.29, 1.82) is 0 Å². The fourth-order valence-corrected chi connectivity index (χ4v) is 2.93. The highest BCUT2D eigenvalue weighted by Crippen LogP contribution is 2.24. The molecule has 8 nitrogen and oxygen atoms in total. The predicted molar refractivity (Wildman–Crippen MR) is 113 cm³/mol. The van der Waals surface area contributed by atoms with Gasteiger partial charge in [0.25, 0.3) is 11.8 Å². The minimum Gasteiger partial charge on any atom is -0.482 e. The highest BCUT2D eigenvalue weighted by atomic mass is 16.6. The zero-order valence-corrected chi connectivity index (χ0v) is 17.4. The summed E-state index contributed by atoms with van der Waals surface area (Å²) in [5, 5.41) is 2.20. The van der Waals surface area contributed by atoms with Gasteiger partial charge in [-0.25, -0.2) is 14.5 Å². The van der Waals surface area contributed by atoms with Gasteiger partial charge in [0, 0.05) is 0 Å². The molecule has 3 rings (SSSR count). The number of hydrogen-bond donors (Lipinski definition) is 1. The molecule has 1 saturated heterocycles. The number of amides is 4. The number of carbonyl (C=O) groups excluding carboxylic acids is 4. The van der Waals surface area contributed by atoms with Crippen LogP contribution in [0.3, 0.4) is 0 Å². The molecule has 0 bridgehead atoms. The second-order valence-electron chi connectivity index (χ2n) is 6.89. The summed E-state index contributed by atoms with van der Waals surface area (Å²) in [5.41, 5.74) is 2.70. The standard InChI is InChI=1S/C23H22N2O6/c1-4-30-20(26)13-31-18-9-6-16(7-10-18)12-19-21(27)24-23(29)25(22(19)28)17-8-5-14(2)15(3)11-17/h5-12H,4,13H2,1-3H3,(H,24,27,29)/b19-12+. The van der Waals surface area contributed by atoms with E-state index >= 15 is 0 Å². The number of imide groups is 2. The van der Waals surface area contributed by atoms with Crippen LogP contribution in [0.1, 0.15) is 23.6 Å². The predicted octanol–water partition coefficient (Wildman–Crippen LogP) is 2.91. The van der Waals surface area contributed by atoms with Crippen molar-refractivity contribution in [2.75, 3.05) is 18.1 Å². The van der Waals surface area contributed by atoms with Gasteiger partial charge in [0.15, 0.2) is 6.61 Å². The van der Waals surface area contributed by atoms with E-state index in [1.807, 2.05) is 13.8 Å². The van der Waals surface area contributed by atoms with E-state index in [2.05, 4.69) is 5.32 Å². The molecule has 0 atom stereocenters. The Kier molecular flexibility index (Phi) is 6.49. The molecule has 8 heteroatoms. The Morgan fingerprint density at radius 2 is 1.74 bits per heavy atom. The lowest BCUT2D eigenvalue weighted by Crippen LogP contribution is -2.54. The molecule has 4 amide bonds. The summed E-state index contributed by atoms with van der Waals surface area (Å²) in [6.45, 7) is 5.55. The van der Waals surface area contributed by atoms with Crippen molar-refractivity contribution in [3.05, 3.63) is 64.7 Å². The van der Waals surface area contributed by atoms with E-state index in [1.165, 1.54) is 6.08 Å². The first-order chi connectivity index (χ1) is 14.8. The van der Waals surface area contributed by atoms with Crippen LogP contribution >= 0.6 is 0 Å². The van der Waals surface area contributed by atoms with Gasteiger partial charge in [-0.15, -0.1) is 0 Å². The molecule has 0 unspecified atom stereocenters. The molecule has 1 N–H and O–H groups in total. The molecule has 1 heterocycles. The number of benzene rings is 2. The SMILES string of the molecule is CCOC(=O)COc1ccc(/C=C2\C(=O)NC(=O)N(c3ccc(C)c(C)c3)C2=O)cc1. The molecule has 0 radical (unpaired) electrons. The maximum atomic E-state index is 13.0. The number of anilines is 1. The highest BCUT2D eigenvalue weighted by Gasteiger charge is 2.36. The normalized spacial score (nSPS) is 15.1. The van der Waals surface area contributed by atoms with E-state index in [0.29, 0.717) is 17.0 Å². The third-order valence-corrected chi connectivity index (χ3v) is 4.70. The zero-order chi connectivity index (χ0) is 22.5. The van der Waals surface area contributed by atoms with E-state index in [-0.39, 0.29) is 18.8 Å². The van der Waals surface area contributed by atoms with Crippen LogP contribution in [0.15, 0.2) is 48.0 Å². The van der Waals surface area contributed by atoms with Crippen molar-refractivity contribution >= 4 is 35.6 Å². The monoisotopic (exact) mass is 422 g/mol. The number of rotatable bonds is 6. The molecule has 1 aliphatic rings. The van der Waals surface area contributed by atoms with Crippen LogP contribution in [0.25, 0.3) is 6.08 Å². The fourth-order valence-electron chi connectivity index (χ4n) is 2.93. The molecule has 0 aromatic heterocycles. The van der Waals surface area contributed by atoms with Crippen molar-refractivity contribution in [2.45, 2.75) is 20.8 Å². The molecule has 2 aromatic rings. The van der Waals surface area contributed by atoms with Gasteiger partial charge in [0.1, 0.15) is 11.3 Å². The molecule has 1 fully saturated rings. The molecule has 0 aliphatic carbocycles. The van der Waals surface area contributed by atoms with E-state index < -0.39 is 23.8 Å². The minimum atomic E-state index is -0.793. The third kappa shape index (κ3) is 4.98. The zero-order valence-electron chi connectivity index (χ0n) is 17.4.